The molecule has 0 unspecified atom stereocenters. The summed E-state index contributed by atoms with van der Waals surface area (Å²) in [5.74, 6) is 2.94. The van der Waals surface area contributed by atoms with Crippen LogP contribution in [0.15, 0.2) is 36.4 Å². The van der Waals surface area contributed by atoms with E-state index in [4.69, 9.17) is 24.7 Å². The topological polar surface area (TPSA) is 62.9 Å². The molecule has 5 heteroatoms. The molecule has 0 aliphatic rings. The molecule has 2 aromatic carbocycles. The maximum Gasteiger partial charge on any atom is 0.203 e. The molecule has 0 aliphatic heterocycles. The van der Waals surface area contributed by atoms with E-state index >= 15 is 0 Å². The van der Waals surface area contributed by atoms with Crippen LogP contribution in [0.2, 0.25) is 0 Å². The van der Waals surface area contributed by atoms with Gasteiger partial charge in [-0.05, 0) is 17.7 Å². The van der Waals surface area contributed by atoms with Crippen LogP contribution in [0.4, 0.5) is 0 Å². The molecule has 2 N–H and O–H groups in total. The van der Waals surface area contributed by atoms with Gasteiger partial charge in [0.1, 0.15) is 11.5 Å². The van der Waals surface area contributed by atoms with Crippen molar-refractivity contribution in [2.45, 2.75) is 6.54 Å². The largest absolute Gasteiger partial charge is 0.493 e. The van der Waals surface area contributed by atoms with E-state index in [0.29, 0.717) is 35.3 Å². The quantitative estimate of drug-likeness (QED) is 0.885. The third-order valence-corrected chi connectivity index (χ3v) is 3.03. The lowest BCUT2D eigenvalue weighted by atomic mass is 10.2. The number of benzene rings is 2. The normalized spacial score (nSPS) is 10.1. The molecule has 0 spiro atoms. The average molecular weight is 289 g/mol. The second-order valence-electron chi connectivity index (χ2n) is 4.31. The van der Waals surface area contributed by atoms with Crippen LogP contribution in [0.25, 0.3) is 0 Å². The highest BCUT2D eigenvalue weighted by Gasteiger charge is 2.14. The number of ether oxygens (including phenoxy) is 4. The molecule has 0 saturated heterocycles. The van der Waals surface area contributed by atoms with Crippen molar-refractivity contribution in [1.29, 1.82) is 0 Å². The third-order valence-electron chi connectivity index (χ3n) is 3.03. The highest BCUT2D eigenvalue weighted by atomic mass is 16.5. The van der Waals surface area contributed by atoms with Gasteiger partial charge in [-0.15, -0.1) is 0 Å². The van der Waals surface area contributed by atoms with Gasteiger partial charge in [-0.25, -0.2) is 0 Å². The summed E-state index contributed by atoms with van der Waals surface area (Å²) in [6.45, 7) is 0.504. The summed E-state index contributed by atoms with van der Waals surface area (Å²) in [4.78, 5) is 0. The lowest BCUT2D eigenvalue weighted by Crippen LogP contribution is -1.97. The van der Waals surface area contributed by atoms with Gasteiger partial charge in [-0.2, -0.15) is 0 Å². The number of rotatable bonds is 6. The monoisotopic (exact) mass is 289 g/mol. The fourth-order valence-electron chi connectivity index (χ4n) is 1.95. The van der Waals surface area contributed by atoms with E-state index in [1.807, 2.05) is 24.3 Å². The molecule has 0 heterocycles. The Bertz CT molecular complexity index is 571. The second-order valence-corrected chi connectivity index (χ2v) is 4.31. The van der Waals surface area contributed by atoms with Crippen molar-refractivity contribution in [2.75, 3.05) is 21.3 Å². The minimum absolute atomic E-state index is 0.504. The van der Waals surface area contributed by atoms with Gasteiger partial charge >= 0.3 is 0 Å². The van der Waals surface area contributed by atoms with Crippen molar-refractivity contribution in [3.63, 3.8) is 0 Å². The van der Waals surface area contributed by atoms with E-state index in [1.54, 1.807) is 33.5 Å². The predicted molar refractivity (Wildman–Crippen MR) is 80.5 cm³/mol. The molecule has 0 atom stereocenters. The van der Waals surface area contributed by atoms with E-state index in [1.165, 1.54) is 0 Å². The first-order valence-electron chi connectivity index (χ1n) is 6.48. The van der Waals surface area contributed by atoms with Crippen LogP contribution >= 0.6 is 0 Å². The fourth-order valence-corrected chi connectivity index (χ4v) is 1.95. The van der Waals surface area contributed by atoms with Crippen LogP contribution in [0.5, 0.6) is 28.7 Å². The van der Waals surface area contributed by atoms with Gasteiger partial charge in [0, 0.05) is 18.7 Å². The molecule has 2 rings (SSSR count). The number of nitrogens with two attached hydrogens (primary N) is 1. The SMILES string of the molecule is COc1cc(Oc2ccc(CN)cc2)cc(OC)c1OC. The highest BCUT2D eigenvalue weighted by molar-refractivity contribution is 5.56. The van der Waals surface area contributed by atoms with Crippen LogP contribution in [0, 0.1) is 0 Å². The van der Waals surface area contributed by atoms with Gasteiger partial charge in [0.25, 0.3) is 0 Å². The van der Waals surface area contributed by atoms with Gasteiger partial charge in [0.05, 0.1) is 21.3 Å². The van der Waals surface area contributed by atoms with Crippen LogP contribution < -0.4 is 24.7 Å². The third kappa shape index (κ3) is 3.38. The Morgan fingerprint density at radius 2 is 1.38 bits per heavy atom. The first-order chi connectivity index (χ1) is 10.2. The van der Waals surface area contributed by atoms with E-state index in [2.05, 4.69) is 0 Å². The zero-order valence-corrected chi connectivity index (χ0v) is 12.4. The Morgan fingerprint density at radius 1 is 0.810 bits per heavy atom. The number of hydrogen-bond acceptors (Lipinski definition) is 5. The number of hydrogen-bond donors (Lipinski definition) is 1. The smallest absolute Gasteiger partial charge is 0.203 e. The van der Waals surface area contributed by atoms with E-state index in [-0.39, 0.29) is 0 Å². The zero-order valence-electron chi connectivity index (χ0n) is 12.4. The van der Waals surface area contributed by atoms with E-state index < -0.39 is 0 Å². The zero-order chi connectivity index (χ0) is 15.2. The molecular weight excluding hydrogens is 270 g/mol. The van der Waals surface area contributed by atoms with Crippen molar-refractivity contribution in [3.8, 4) is 28.7 Å². The van der Waals surface area contributed by atoms with E-state index in [0.717, 1.165) is 5.56 Å². The molecule has 0 bridgehead atoms. The van der Waals surface area contributed by atoms with Crippen LogP contribution in [-0.2, 0) is 6.54 Å². The Labute approximate surface area is 124 Å². The average Bonchev–Trinajstić information content (AvgIpc) is 2.54. The summed E-state index contributed by atoms with van der Waals surface area (Å²) in [6, 6.07) is 11.1. The minimum atomic E-state index is 0.504. The summed E-state index contributed by atoms with van der Waals surface area (Å²) in [5, 5.41) is 0. The Balaban J connectivity index is 2.30. The van der Waals surface area contributed by atoms with Crippen LogP contribution in [0.1, 0.15) is 5.56 Å². The second kappa shape index (κ2) is 6.85. The van der Waals surface area contributed by atoms with Crippen molar-refractivity contribution in [3.05, 3.63) is 42.0 Å². The molecule has 0 saturated carbocycles. The maximum atomic E-state index is 5.81. The molecule has 0 amide bonds. The molecule has 0 aliphatic carbocycles. The lowest BCUT2D eigenvalue weighted by Gasteiger charge is -2.14. The summed E-state index contributed by atoms with van der Waals surface area (Å²) < 4.78 is 21.7. The van der Waals surface area contributed by atoms with Gasteiger partial charge < -0.3 is 24.7 Å². The van der Waals surface area contributed by atoms with Gasteiger partial charge in [-0.1, -0.05) is 12.1 Å². The first-order valence-corrected chi connectivity index (χ1v) is 6.48. The standard InChI is InChI=1S/C16H19NO4/c1-18-14-8-13(9-15(19-2)16(14)20-3)21-12-6-4-11(10-17)5-7-12/h4-9H,10,17H2,1-3H3. The summed E-state index contributed by atoms with van der Waals surface area (Å²) in [5.41, 5.74) is 6.62. The molecule has 112 valence electrons. The summed E-state index contributed by atoms with van der Waals surface area (Å²) >= 11 is 0. The van der Waals surface area contributed by atoms with Crippen LogP contribution in [-0.4, -0.2) is 21.3 Å². The minimum Gasteiger partial charge on any atom is -0.493 e. The predicted octanol–water partition coefficient (Wildman–Crippen LogP) is 2.96. The Hall–Kier alpha value is -2.40. The molecule has 5 nitrogen and oxygen atoms in total. The molecule has 2 aromatic rings. The van der Waals surface area contributed by atoms with Crippen molar-refractivity contribution < 1.29 is 18.9 Å². The van der Waals surface area contributed by atoms with Gasteiger partial charge in [0.15, 0.2) is 11.5 Å². The van der Waals surface area contributed by atoms with Gasteiger partial charge in [0.2, 0.25) is 5.75 Å². The van der Waals surface area contributed by atoms with Crippen molar-refractivity contribution >= 4 is 0 Å². The van der Waals surface area contributed by atoms with Crippen molar-refractivity contribution in [1.82, 2.24) is 0 Å². The highest BCUT2D eigenvalue weighted by Crippen LogP contribution is 2.41. The lowest BCUT2D eigenvalue weighted by molar-refractivity contribution is 0.321. The molecule has 0 radical (unpaired) electrons. The first kappa shape index (κ1) is 15.0. The van der Waals surface area contributed by atoms with Gasteiger partial charge in [-0.3, -0.25) is 0 Å². The summed E-state index contributed by atoms with van der Waals surface area (Å²) in [6.07, 6.45) is 0. The molecule has 21 heavy (non-hydrogen) atoms. The fraction of sp³-hybridized carbons (Fsp3) is 0.250. The molecule has 0 fully saturated rings. The van der Waals surface area contributed by atoms with E-state index in [9.17, 15) is 0 Å². The Morgan fingerprint density at radius 3 is 1.81 bits per heavy atom. The summed E-state index contributed by atoms with van der Waals surface area (Å²) in [7, 11) is 4.70. The Kier molecular flexibility index (Phi) is 4.90. The maximum absolute atomic E-state index is 5.81. The molecule has 0 aromatic heterocycles. The number of methoxy groups -OCH3 is 3. The molecular formula is C16H19NO4. The van der Waals surface area contributed by atoms with Crippen LogP contribution in [0.3, 0.4) is 0 Å². The van der Waals surface area contributed by atoms with Crippen molar-refractivity contribution in [2.24, 2.45) is 5.73 Å².